The number of hydrogen-bond donors (Lipinski definition) is 1. The minimum absolute atomic E-state index is 0.253. The normalized spacial score (nSPS) is 18.3. The number of ether oxygens (including phenoxy) is 1. The summed E-state index contributed by atoms with van der Waals surface area (Å²) in [7, 11) is 1.29. The first-order valence-corrected chi connectivity index (χ1v) is 10.2. The number of nitrogens with one attached hydrogen (secondary N) is 1. The van der Waals surface area contributed by atoms with Crippen molar-refractivity contribution >= 4 is 34.2 Å². The van der Waals surface area contributed by atoms with Crippen LogP contribution in [0.15, 0.2) is 35.7 Å². The number of hydrogen-bond acceptors (Lipinski definition) is 6. The van der Waals surface area contributed by atoms with Gasteiger partial charge in [-0.25, -0.2) is 4.79 Å². The van der Waals surface area contributed by atoms with E-state index < -0.39 is 29.7 Å². The quantitative estimate of drug-likeness (QED) is 0.601. The molecule has 0 fully saturated rings. The van der Waals surface area contributed by atoms with E-state index in [0.717, 1.165) is 16.7 Å². The number of carbonyl (C=O) groups excluding carboxylic acids is 3. The van der Waals surface area contributed by atoms with Gasteiger partial charge in [0.25, 0.3) is 0 Å². The molecule has 1 aliphatic rings. The summed E-state index contributed by atoms with van der Waals surface area (Å²) in [5, 5.41) is 16.3. The SMILES string of the molecule is COC(=O)c1c(-c2ccc(C)c(C)c2)csc1NC(=O)C1CC=CCC1C(=O)[O-]. The zero-order chi connectivity index (χ0) is 21.1. The second-order valence-electron chi connectivity index (χ2n) is 7.11. The number of rotatable bonds is 5. The highest BCUT2D eigenvalue weighted by atomic mass is 32.1. The molecule has 0 aliphatic heterocycles. The van der Waals surface area contributed by atoms with Gasteiger partial charge in [0.15, 0.2) is 0 Å². The fourth-order valence-corrected chi connectivity index (χ4v) is 4.41. The number of methoxy groups -OCH3 is 1. The van der Waals surface area contributed by atoms with Crippen molar-refractivity contribution in [2.75, 3.05) is 12.4 Å². The van der Waals surface area contributed by atoms with E-state index in [1.807, 2.05) is 32.0 Å². The number of aryl methyl sites for hydroxylation is 2. The highest BCUT2D eigenvalue weighted by Crippen LogP contribution is 2.38. The number of amides is 1. The van der Waals surface area contributed by atoms with Crippen molar-refractivity contribution in [3.63, 3.8) is 0 Å². The number of carbonyl (C=O) groups is 3. The lowest BCUT2D eigenvalue weighted by molar-refractivity contribution is -0.313. The number of aliphatic carboxylic acids is 1. The Morgan fingerprint density at radius 2 is 1.79 bits per heavy atom. The van der Waals surface area contributed by atoms with Gasteiger partial charge in [-0.1, -0.05) is 30.4 Å². The standard InChI is InChI=1S/C22H23NO5S/c1-12-8-9-14(10-13(12)2)17-11-29-20(18(17)22(27)28-3)23-19(24)15-6-4-5-7-16(15)21(25)26/h4-5,8-11,15-16H,6-7H2,1-3H3,(H,23,24)(H,25,26)/p-1. The van der Waals surface area contributed by atoms with Crippen molar-refractivity contribution in [3.05, 3.63) is 52.4 Å². The Labute approximate surface area is 173 Å². The predicted molar refractivity (Wildman–Crippen MR) is 110 cm³/mol. The van der Waals surface area contributed by atoms with E-state index >= 15 is 0 Å². The molecule has 1 aliphatic carbocycles. The fourth-order valence-electron chi connectivity index (χ4n) is 3.45. The molecule has 0 bridgehead atoms. The Hall–Kier alpha value is -2.93. The van der Waals surface area contributed by atoms with Crippen molar-refractivity contribution in [1.29, 1.82) is 0 Å². The molecule has 1 heterocycles. The third-order valence-corrected chi connectivity index (χ3v) is 6.20. The lowest BCUT2D eigenvalue weighted by atomic mass is 9.82. The van der Waals surface area contributed by atoms with Crippen molar-refractivity contribution in [2.24, 2.45) is 11.8 Å². The average molecular weight is 412 g/mol. The molecule has 1 aromatic heterocycles. The monoisotopic (exact) mass is 412 g/mol. The summed E-state index contributed by atoms with van der Waals surface area (Å²) in [5.74, 6) is -3.88. The van der Waals surface area contributed by atoms with Gasteiger partial charge in [-0.3, -0.25) is 4.79 Å². The van der Waals surface area contributed by atoms with E-state index in [1.54, 1.807) is 17.5 Å². The number of carboxylic acid groups (broad SMARTS) is 1. The molecule has 1 amide bonds. The zero-order valence-electron chi connectivity index (χ0n) is 16.5. The minimum Gasteiger partial charge on any atom is -0.550 e. The number of carboxylic acids is 1. The molecule has 2 unspecified atom stereocenters. The third-order valence-electron chi connectivity index (χ3n) is 5.31. The van der Waals surface area contributed by atoms with E-state index in [-0.39, 0.29) is 12.0 Å². The van der Waals surface area contributed by atoms with Crippen molar-refractivity contribution < 1.29 is 24.2 Å². The van der Waals surface area contributed by atoms with E-state index in [2.05, 4.69) is 5.32 Å². The summed E-state index contributed by atoms with van der Waals surface area (Å²) in [6.07, 6.45) is 4.10. The summed E-state index contributed by atoms with van der Waals surface area (Å²) in [4.78, 5) is 36.7. The number of benzene rings is 1. The number of allylic oxidation sites excluding steroid dienone is 2. The molecule has 0 saturated carbocycles. The molecule has 0 spiro atoms. The molecule has 1 N–H and O–H groups in total. The van der Waals surface area contributed by atoms with E-state index in [1.165, 1.54) is 18.4 Å². The average Bonchev–Trinajstić information content (AvgIpc) is 3.12. The molecule has 0 radical (unpaired) electrons. The highest BCUT2D eigenvalue weighted by molar-refractivity contribution is 7.15. The Balaban J connectivity index is 1.95. The third kappa shape index (κ3) is 4.24. The van der Waals surface area contributed by atoms with Gasteiger partial charge in [-0.2, -0.15) is 0 Å². The maximum atomic E-state index is 12.8. The molecule has 0 saturated heterocycles. The molecule has 6 nitrogen and oxygen atoms in total. The largest absolute Gasteiger partial charge is 0.550 e. The maximum Gasteiger partial charge on any atom is 0.341 e. The summed E-state index contributed by atoms with van der Waals surface area (Å²) < 4.78 is 4.94. The van der Waals surface area contributed by atoms with Gasteiger partial charge < -0.3 is 20.0 Å². The lowest BCUT2D eigenvalue weighted by Crippen LogP contribution is -2.41. The molecular formula is C22H22NO5S-. The smallest absolute Gasteiger partial charge is 0.341 e. The van der Waals surface area contributed by atoms with Crippen LogP contribution < -0.4 is 10.4 Å². The van der Waals surface area contributed by atoms with Gasteiger partial charge in [-0.05, 0) is 43.4 Å². The minimum atomic E-state index is -1.25. The Morgan fingerprint density at radius 3 is 2.41 bits per heavy atom. The van der Waals surface area contributed by atoms with Gasteiger partial charge >= 0.3 is 5.97 Å². The van der Waals surface area contributed by atoms with E-state index in [0.29, 0.717) is 17.0 Å². The van der Waals surface area contributed by atoms with Gasteiger partial charge in [0, 0.05) is 22.8 Å². The fraction of sp³-hybridized carbons (Fsp3) is 0.318. The lowest BCUT2D eigenvalue weighted by Gasteiger charge is -2.28. The van der Waals surface area contributed by atoms with Crippen LogP contribution in [-0.4, -0.2) is 25.0 Å². The Morgan fingerprint density at radius 1 is 1.10 bits per heavy atom. The summed E-state index contributed by atoms with van der Waals surface area (Å²) in [5.41, 5.74) is 4.00. The second kappa shape index (κ2) is 8.61. The van der Waals surface area contributed by atoms with Gasteiger partial charge in [0.1, 0.15) is 10.6 Å². The van der Waals surface area contributed by atoms with E-state index in [4.69, 9.17) is 4.74 Å². The summed E-state index contributed by atoms with van der Waals surface area (Å²) in [6.45, 7) is 3.99. The van der Waals surface area contributed by atoms with Crippen LogP contribution in [-0.2, 0) is 14.3 Å². The number of thiophene rings is 1. The van der Waals surface area contributed by atoms with Gasteiger partial charge in [0.2, 0.25) is 5.91 Å². The van der Waals surface area contributed by atoms with Crippen LogP contribution in [0.25, 0.3) is 11.1 Å². The second-order valence-corrected chi connectivity index (χ2v) is 7.99. The molecule has 1 aromatic carbocycles. The molecule has 152 valence electrons. The molecular weight excluding hydrogens is 390 g/mol. The molecule has 29 heavy (non-hydrogen) atoms. The van der Waals surface area contributed by atoms with Crippen LogP contribution in [0.3, 0.4) is 0 Å². The number of anilines is 1. The van der Waals surface area contributed by atoms with Crippen LogP contribution in [0.2, 0.25) is 0 Å². The van der Waals surface area contributed by atoms with Gasteiger partial charge in [0.05, 0.1) is 13.0 Å². The summed E-state index contributed by atoms with van der Waals surface area (Å²) in [6, 6.07) is 5.87. The predicted octanol–water partition coefficient (Wildman–Crippen LogP) is 3.09. The molecule has 2 atom stereocenters. The first-order chi connectivity index (χ1) is 13.8. The van der Waals surface area contributed by atoms with Crippen LogP contribution >= 0.6 is 11.3 Å². The van der Waals surface area contributed by atoms with Crippen molar-refractivity contribution in [3.8, 4) is 11.1 Å². The molecule has 7 heteroatoms. The van der Waals surface area contributed by atoms with Crippen molar-refractivity contribution in [2.45, 2.75) is 26.7 Å². The van der Waals surface area contributed by atoms with Crippen LogP contribution in [0.5, 0.6) is 0 Å². The first-order valence-electron chi connectivity index (χ1n) is 9.27. The Bertz CT molecular complexity index is 991. The van der Waals surface area contributed by atoms with Gasteiger partial charge in [-0.15, -0.1) is 11.3 Å². The topological polar surface area (TPSA) is 95.5 Å². The summed E-state index contributed by atoms with van der Waals surface area (Å²) >= 11 is 1.21. The zero-order valence-corrected chi connectivity index (χ0v) is 17.3. The Kier molecular flexibility index (Phi) is 6.17. The highest BCUT2D eigenvalue weighted by Gasteiger charge is 2.31. The number of esters is 1. The maximum absolute atomic E-state index is 12.8. The molecule has 3 rings (SSSR count). The van der Waals surface area contributed by atoms with Crippen LogP contribution in [0.4, 0.5) is 5.00 Å². The van der Waals surface area contributed by atoms with Crippen LogP contribution in [0.1, 0.15) is 34.3 Å². The first kappa shape index (κ1) is 20.8. The van der Waals surface area contributed by atoms with E-state index in [9.17, 15) is 19.5 Å². The molecule has 2 aromatic rings. The van der Waals surface area contributed by atoms with Crippen LogP contribution in [0, 0.1) is 25.7 Å². The van der Waals surface area contributed by atoms with Crippen molar-refractivity contribution in [1.82, 2.24) is 0 Å².